The van der Waals surface area contributed by atoms with E-state index in [4.69, 9.17) is 4.74 Å². The largest absolute Gasteiger partial charge is 0.466 e. The van der Waals surface area contributed by atoms with Gasteiger partial charge in [0.1, 0.15) is 0 Å². The number of hydrogen-bond acceptors (Lipinski definition) is 6. The summed E-state index contributed by atoms with van der Waals surface area (Å²) in [6.45, 7) is 6.34. The standard InChI is InChI=1S/C17H25N5O3/c1-2-25-17(24)15-12-8-21(9-13(12)15)16(23)14-10-22(20-19-14)7-11-4-3-5-18-6-11/h10-13,15,18H,2-9H2,1H3/t11-,12-,13+,15?/m1/s1. The van der Waals surface area contributed by atoms with E-state index in [-0.39, 0.29) is 29.6 Å². The first-order chi connectivity index (χ1) is 12.2. The molecule has 1 unspecified atom stereocenters. The Morgan fingerprint density at radius 3 is 2.84 bits per heavy atom. The lowest BCUT2D eigenvalue weighted by Crippen LogP contribution is -2.33. The Balaban J connectivity index is 1.30. The van der Waals surface area contributed by atoms with Crippen LogP contribution in [0.25, 0.3) is 0 Å². The number of amides is 1. The summed E-state index contributed by atoms with van der Waals surface area (Å²) in [5, 5.41) is 11.6. The Hall–Kier alpha value is -1.96. The van der Waals surface area contributed by atoms with Crippen LogP contribution < -0.4 is 5.32 Å². The Morgan fingerprint density at radius 1 is 1.36 bits per heavy atom. The number of aromatic nitrogens is 3. The molecule has 2 saturated heterocycles. The summed E-state index contributed by atoms with van der Waals surface area (Å²) in [4.78, 5) is 26.2. The summed E-state index contributed by atoms with van der Waals surface area (Å²) in [6.07, 6.45) is 4.12. The molecule has 25 heavy (non-hydrogen) atoms. The van der Waals surface area contributed by atoms with E-state index in [1.165, 1.54) is 12.8 Å². The van der Waals surface area contributed by atoms with E-state index in [1.807, 2.05) is 6.92 Å². The fourth-order valence-electron chi connectivity index (χ4n) is 4.27. The number of hydrogen-bond donors (Lipinski definition) is 1. The third-order valence-electron chi connectivity index (χ3n) is 5.64. The molecule has 1 aromatic rings. The van der Waals surface area contributed by atoms with Crippen molar-refractivity contribution in [3.8, 4) is 0 Å². The van der Waals surface area contributed by atoms with Crippen molar-refractivity contribution >= 4 is 11.9 Å². The van der Waals surface area contributed by atoms with E-state index in [0.29, 0.717) is 31.3 Å². The van der Waals surface area contributed by atoms with Gasteiger partial charge in [-0.05, 0) is 50.6 Å². The molecule has 4 rings (SSSR count). The summed E-state index contributed by atoms with van der Waals surface area (Å²) in [5.41, 5.74) is 0.401. The lowest BCUT2D eigenvalue weighted by molar-refractivity contribution is -0.145. The van der Waals surface area contributed by atoms with Crippen LogP contribution in [-0.2, 0) is 16.1 Å². The number of nitrogens with one attached hydrogen (secondary N) is 1. The molecule has 8 heteroatoms. The number of rotatable bonds is 5. The second kappa shape index (κ2) is 6.74. The minimum absolute atomic E-state index is 0.0153. The lowest BCUT2D eigenvalue weighted by Gasteiger charge is -2.22. The molecule has 2 aliphatic heterocycles. The van der Waals surface area contributed by atoms with E-state index in [9.17, 15) is 9.59 Å². The van der Waals surface area contributed by atoms with Gasteiger partial charge in [-0.3, -0.25) is 14.3 Å². The van der Waals surface area contributed by atoms with Gasteiger partial charge in [-0.25, -0.2) is 0 Å². The highest BCUT2D eigenvalue weighted by Crippen LogP contribution is 2.52. The monoisotopic (exact) mass is 347 g/mol. The summed E-state index contributed by atoms with van der Waals surface area (Å²) in [6, 6.07) is 0. The van der Waals surface area contributed by atoms with Crippen molar-refractivity contribution in [3.05, 3.63) is 11.9 Å². The number of esters is 1. The molecule has 3 fully saturated rings. The van der Waals surface area contributed by atoms with Gasteiger partial charge in [0.25, 0.3) is 5.91 Å². The van der Waals surface area contributed by atoms with Crippen molar-refractivity contribution < 1.29 is 14.3 Å². The number of piperidine rings is 2. The number of nitrogens with zero attached hydrogens (tertiary/aromatic N) is 4. The van der Waals surface area contributed by atoms with Gasteiger partial charge in [-0.2, -0.15) is 0 Å². The first-order valence-corrected chi connectivity index (χ1v) is 9.24. The molecule has 0 spiro atoms. The van der Waals surface area contributed by atoms with Crippen LogP contribution in [-0.4, -0.2) is 64.6 Å². The maximum Gasteiger partial charge on any atom is 0.309 e. The van der Waals surface area contributed by atoms with Crippen molar-refractivity contribution in [3.63, 3.8) is 0 Å². The van der Waals surface area contributed by atoms with Crippen LogP contribution in [0, 0.1) is 23.7 Å². The molecule has 136 valence electrons. The Morgan fingerprint density at radius 2 is 2.16 bits per heavy atom. The number of fused-ring (bicyclic) bond motifs is 1. The van der Waals surface area contributed by atoms with Gasteiger partial charge in [0, 0.05) is 19.6 Å². The molecule has 8 nitrogen and oxygen atoms in total. The third kappa shape index (κ3) is 3.27. The zero-order chi connectivity index (χ0) is 17.4. The molecule has 3 heterocycles. The minimum atomic E-state index is -0.114. The molecule has 1 aromatic heterocycles. The van der Waals surface area contributed by atoms with Gasteiger partial charge < -0.3 is 15.0 Å². The number of carbonyl (C=O) groups is 2. The van der Waals surface area contributed by atoms with Crippen LogP contribution >= 0.6 is 0 Å². The molecule has 0 radical (unpaired) electrons. The minimum Gasteiger partial charge on any atom is -0.466 e. The predicted octanol–water partition coefficient (Wildman–Crippen LogP) is 0.159. The second-order valence-electron chi connectivity index (χ2n) is 7.35. The lowest BCUT2D eigenvalue weighted by atomic mass is 10.00. The van der Waals surface area contributed by atoms with Gasteiger partial charge in [-0.15, -0.1) is 5.10 Å². The van der Waals surface area contributed by atoms with Gasteiger partial charge in [0.05, 0.1) is 18.7 Å². The van der Waals surface area contributed by atoms with Crippen molar-refractivity contribution in [1.29, 1.82) is 0 Å². The van der Waals surface area contributed by atoms with Crippen molar-refractivity contribution in [2.45, 2.75) is 26.3 Å². The Labute approximate surface area is 146 Å². The van der Waals surface area contributed by atoms with Gasteiger partial charge in [-0.1, -0.05) is 5.21 Å². The second-order valence-corrected chi connectivity index (χ2v) is 7.35. The summed E-state index contributed by atoms with van der Waals surface area (Å²) >= 11 is 0. The summed E-state index contributed by atoms with van der Waals surface area (Å²) in [7, 11) is 0. The van der Waals surface area contributed by atoms with E-state index in [0.717, 1.165) is 19.6 Å². The van der Waals surface area contributed by atoms with Crippen LogP contribution in [0.2, 0.25) is 0 Å². The molecular formula is C17H25N5O3. The quantitative estimate of drug-likeness (QED) is 0.763. The molecule has 1 amide bonds. The van der Waals surface area contributed by atoms with E-state index < -0.39 is 0 Å². The Bertz CT molecular complexity index is 642. The smallest absolute Gasteiger partial charge is 0.309 e. The van der Waals surface area contributed by atoms with Crippen LogP contribution in [0.4, 0.5) is 0 Å². The van der Waals surface area contributed by atoms with Crippen molar-refractivity contribution in [2.75, 3.05) is 32.8 Å². The number of carbonyl (C=O) groups excluding carboxylic acids is 2. The van der Waals surface area contributed by atoms with Crippen LogP contribution in [0.3, 0.4) is 0 Å². The number of ether oxygens (including phenoxy) is 1. The zero-order valence-electron chi connectivity index (χ0n) is 14.6. The maximum absolute atomic E-state index is 12.6. The average Bonchev–Trinajstić information content (AvgIpc) is 2.97. The predicted molar refractivity (Wildman–Crippen MR) is 88.6 cm³/mol. The normalized spacial score (nSPS) is 30.8. The fraction of sp³-hybridized carbons (Fsp3) is 0.765. The van der Waals surface area contributed by atoms with Crippen LogP contribution in [0.1, 0.15) is 30.3 Å². The van der Waals surface area contributed by atoms with E-state index in [2.05, 4.69) is 15.6 Å². The number of likely N-dealkylation sites (tertiary alicyclic amines) is 1. The van der Waals surface area contributed by atoms with E-state index in [1.54, 1.807) is 15.8 Å². The molecule has 0 aromatic carbocycles. The van der Waals surface area contributed by atoms with Gasteiger partial charge in [0.2, 0.25) is 0 Å². The highest BCUT2D eigenvalue weighted by molar-refractivity contribution is 5.92. The molecular weight excluding hydrogens is 322 g/mol. The highest BCUT2D eigenvalue weighted by atomic mass is 16.5. The molecule has 3 aliphatic rings. The van der Waals surface area contributed by atoms with Gasteiger partial charge in [0.15, 0.2) is 5.69 Å². The topological polar surface area (TPSA) is 89.4 Å². The molecule has 1 N–H and O–H groups in total. The SMILES string of the molecule is CCOC(=O)C1[C@H]2CN(C(=O)c3cn(C[C@@H]4CCCNC4)nn3)C[C@@H]12. The molecule has 0 bridgehead atoms. The Kier molecular flexibility index (Phi) is 4.45. The van der Waals surface area contributed by atoms with Crippen molar-refractivity contribution in [1.82, 2.24) is 25.2 Å². The zero-order valence-corrected chi connectivity index (χ0v) is 14.6. The van der Waals surface area contributed by atoms with Gasteiger partial charge >= 0.3 is 5.97 Å². The summed E-state index contributed by atoms with van der Waals surface area (Å²) in [5.74, 6) is 0.846. The molecule has 4 atom stereocenters. The highest BCUT2D eigenvalue weighted by Gasteiger charge is 2.61. The summed E-state index contributed by atoms with van der Waals surface area (Å²) < 4.78 is 6.87. The first-order valence-electron chi connectivity index (χ1n) is 9.24. The fourth-order valence-corrected chi connectivity index (χ4v) is 4.27. The van der Waals surface area contributed by atoms with E-state index >= 15 is 0 Å². The maximum atomic E-state index is 12.6. The van der Waals surface area contributed by atoms with Crippen molar-refractivity contribution in [2.24, 2.45) is 23.7 Å². The molecule has 1 saturated carbocycles. The van der Waals surface area contributed by atoms with Crippen LogP contribution in [0.5, 0.6) is 0 Å². The average molecular weight is 347 g/mol. The molecule has 1 aliphatic carbocycles. The van der Waals surface area contributed by atoms with Crippen LogP contribution in [0.15, 0.2) is 6.20 Å². The first kappa shape index (κ1) is 16.5. The third-order valence-corrected chi connectivity index (χ3v) is 5.64.